The molecule has 0 fully saturated rings. The average Bonchev–Trinajstić information content (AvgIpc) is 2.50. The highest BCUT2D eigenvalue weighted by molar-refractivity contribution is 14.0. The van der Waals surface area contributed by atoms with E-state index in [9.17, 15) is 4.79 Å². The van der Waals surface area contributed by atoms with Gasteiger partial charge >= 0.3 is 0 Å². The van der Waals surface area contributed by atoms with Crippen molar-refractivity contribution >= 4 is 35.8 Å². The number of nitrogens with zero attached hydrogens (tertiary/aromatic N) is 2. The van der Waals surface area contributed by atoms with Gasteiger partial charge in [0.1, 0.15) is 0 Å². The third-order valence-electron chi connectivity index (χ3n) is 3.24. The van der Waals surface area contributed by atoms with Crippen molar-refractivity contribution in [1.29, 1.82) is 0 Å². The lowest BCUT2D eigenvalue weighted by Crippen LogP contribution is -2.48. The Bertz CT molecular complexity index is 528. The Morgan fingerprint density at radius 1 is 1.16 bits per heavy atom. The molecule has 1 aromatic rings. The molecule has 1 aromatic carbocycles. The number of nitrogens with one attached hydrogen (secondary N) is 3. The molecule has 0 saturated heterocycles. The molecule has 0 unspecified atom stereocenters. The van der Waals surface area contributed by atoms with Gasteiger partial charge in [-0.25, -0.2) is 0 Å². The third-order valence-corrected chi connectivity index (χ3v) is 3.24. The molecular formula is C18H32IN5O. The van der Waals surface area contributed by atoms with E-state index in [2.05, 4.69) is 57.2 Å². The number of benzene rings is 1. The first-order valence-electron chi connectivity index (χ1n) is 8.28. The first-order valence-corrected chi connectivity index (χ1v) is 8.28. The predicted molar refractivity (Wildman–Crippen MR) is 115 cm³/mol. The van der Waals surface area contributed by atoms with E-state index < -0.39 is 0 Å². The van der Waals surface area contributed by atoms with Gasteiger partial charge in [-0.05, 0) is 33.4 Å². The molecule has 0 aromatic heterocycles. The maximum Gasteiger partial charge on any atom is 0.239 e. The second kappa shape index (κ2) is 12.1. The van der Waals surface area contributed by atoms with E-state index in [0.29, 0.717) is 5.96 Å². The number of hydrogen-bond acceptors (Lipinski definition) is 3. The largest absolute Gasteiger partial charge is 0.355 e. The molecule has 6 nitrogen and oxygen atoms in total. The summed E-state index contributed by atoms with van der Waals surface area (Å²) in [7, 11) is 3.78. The monoisotopic (exact) mass is 461 g/mol. The lowest BCUT2D eigenvalue weighted by Gasteiger charge is -2.21. The molecule has 0 aliphatic heterocycles. The van der Waals surface area contributed by atoms with Crippen LogP contribution in [-0.4, -0.2) is 56.0 Å². The fourth-order valence-corrected chi connectivity index (χ4v) is 2.19. The highest BCUT2D eigenvalue weighted by Crippen LogP contribution is 2.01. The highest BCUT2D eigenvalue weighted by atomic mass is 127. The van der Waals surface area contributed by atoms with Crippen molar-refractivity contribution in [1.82, 2.24) is 20.9 Å². The molecule has 0 saturated carbocycles. The topological polar surface area (TPSA) is 68.8 Å². The molecule has 0 aliphatic rings. The number of guanidine groups is 1. The van der Waals surface area contributed by atoms with E-state index in [1.807, 2.05) is 26.8 Å². The molecule has 0 atom stereocenters. The highest BCUT2D eigenvalue weighted by Gasteiger charge is 2.13. The summed E-state index contributed by atoms with van der Waals surface area (Å²) in [4.78, 5) is 18.2. The Balaban J connectivity index is 0.00000576. The van der Waals surface area contributed by atoms with E-state index >= 15 is 0 Å². The number of halogens is 1. The van der Waals surface area contributed by atoms with Crippen LogP contribution in [0.15, 0.2) is 35.3 Å². The van der Waals surface area contributed by atoms with Crippen LogP contribution in [-0.2, 0) is 11.3 Å². The van der Waals surface area contributed by atoms with Gasteiger partial charge in [-0.3, -0.25) is 9.79 Å². The van der Waals surface area contributed by atoms with Crippen molar-refractivity contribution in [3.8, 4) is 0 Å². The van der Waals surface area contributed by atoms with Crippen LogP contribution in [0.1, 0.15) is 26.3 Å². The zero-order valence-electron chi connectivity index (χ0n) is 15.9. The summed E-state index contributed by atoms with van der Waals surface area (Å²) in [6.07, 6.45) is 0. The van der Waals surface area contributed by atoms with Crippen molar-refractivity contribution in [2.75, 3.05) is 33.7 Å². The number of hydrogen-bond donors (Lipinski definition) is 3. The average molecular weight is 461 g/mol. The predicted octanol–water partition coefficient (Wildman–Crippen LogP) is 1.82. The number of carbonyl (C=O) groups is 1. The van der Waals surface area contributed by atoms with Gasteiger partial charge in [-0.15, -0.1) is 24.0 Å². The van der Waals surface area contributed by atoms with E-state index in [1.165, 1.54) is 5.56 Å². The number of amides is 1. The number of carbonyl (C=O) groups excluding carboxylic acids is 1. The summed E-state index contributed by atoms with van der Waals surface area (Å²) in [5.41, 5.74) is 1.07. The van der Waals surface area contributed by atoms with Gasteiger partial charge in [0.25, 0.3) is 0 Å². The van der Waals surface area contributed by atoms with Gasteiger partial charge < -0.3 is 20.9 Å². The summed E-state index contributed by atoms with van der Waals surface area (Å²) < 4.78 is 0. The van der Waals surface area contributed by atoms with E-state index in [0.717, 1.165) is 19.6 Å². The molecule has 3 N–H and O–H groups in total. The maximum absolute atomic E-state index is 11.8. The summed E-state index contributed by atoms with van der Waals surface area (Å²) in [5, 5.41) is 9.15. The molecule has 0 spiro atoms. The van der Waals surface area contributed by atoms with Crippen LogP contribution in [0.5, 0.6) is 0 Å². The van der Waals surface area contributed by atoms with Crippen molar-refractivity contribution in [2.24, 2.45) is 4.99 Å². The van der Waals surface area contributed by atoms with Crippen LogP contribution in [0.4, 0.5) is 0 Å². The lowest BCUT2D eigenvalue weighted by molar-refractivity contribution is -0.121. The standard InChI is InChI=1S/C18H31N5O.HI/c1-18(2,3)22-16(24)13-21-17(19-4)20-11-12-23(5)14-15-9-7-6-8-10-15;/h6-10H,11-14H2,1-5H3,(H,22,24)(H2,19,20,21);1H. The first-order chi connectivity index (χ1) is 11.3. The summed E-state index contributed by atoms with van der Waals surface area (Å²) in [6.45, 7) is 8.62. The molecule has 0 bridgehead atoms. The van der Waals surface area contributed by atoms with E-state index in [-0.39, 0.29) is 42.0 Å². The SMILES string of the molecule is CN=C(NCCN(C)Cc1ccccc1)NCC(=O)NC(C)(C)C.I. The zero-order valence-corrected chi connectivity index (χ0v) is 18.3. The molecule has 0 radical (unpaired) electrons. The molecular weight excluding hydrogens is 429 g/mol. The minimum atomic E-state index is -0.226. The summed E-state index contributed by atoms with van der Waals surface area (Å²) in [5.74, 6) is 0.582. The van der Waals surface area contributed by atoms with Gasteiger partial charge in [0.2, 0.25) is 5.91 Å². The molecule has 142 valence electrons. The first kappa shape index (κ1) is 23.6. The Morgan fingerprint density at radius 2 is 1.80 bits per heavy atom. The smallest absolute Gasteiger partial charge is 0.239 e. The number of rotatable bonds is 7. The van der Waals surface area contributed by atoms with Gasteiger partial charge in [-0.2, -0.15) is 0 Å². The van der Waals surface area contributed by atoms with Crippen molar-refractivity contribution in [3.05, 3.63) is 35.9 Å². The Hall–Kier alpha value is -1.35. The van der Waals surface area contributed by atoms with Crippen LogP contribution in [0, 0.1) is 0 Å². The lowest BCUT2D eigenvalue weighted by atomic mass is 10.1. The van der Waals surface area contributed by atoms with Crippen LogP contribution >= 0.6 is 24.0 Å². The normalized spacial score (nSPS) is 11.7. The van der Waals surface area contributed by atoms with Crippen LogP contribution < -0.4 is 16.0 Å². The zero-order chi connectivity index (χ0) is 18.0. The number of aliphatic imine (C=N–C) groups is 1. The van der Waals surface area contributed by atoms with Gasteiger partial charge in [-0.1, -0.05) is 30.3 Å². The van der Waals surface area contributed by atoms with E-state index in [4.69, 9.17) is 0 Å². The van der Waals surface area contributed by atoms with E-state index in [1.54, 1.807) is 7.05 Å². The molecule has 25 heavy (non-hydrogen) atoms. The van der Waals surface area contributed by atoms with Crippen molar-refractivity contribution in [3.63, 3.8) is 0 Å². The maximum atomic E-state index is 11.8. The third kappa shape index (κ3) is 11.8. The van der Waals surface area contributed by atoms with Crippen LogP contribution in [0.2, 0.25) is 0 Å². The number of likely N-dealkylation sites (N-methyl/N-ethyl adjacent to an activating group) is 1. The van der Waals surface area contributed by atoms with Crippen LogP contribution in [0.3, 0.4) is 0 Å². The molecule has 1 amide bonds. The minimum Gasteiger partial charge on any atom is -0.355 e. The van der Waals surface area contributed by atoms with Crippen molar-refractivity contribution in [2.45, 2.75) is 32.9 Å². The van der Waals surface area contributed by atoms with Gasteiger partial charge in [0.05, 0.1) is 6.54 Å². The fraction of sp³-hybridized carbons (Fsp3) is 0.556. The van der Waals surface area contributed by atoms with Crippen molar-refractivity contribution < 1.29 is 4.79 Å². The second-order valence-electron chi connectivity index (χ2n) is 6.87. The molecule has 0 aliphatic carbocycles. The second-order valence-corrected chi connectivity index (χ2v) is 6.87. The van der Waals surface area contributed by atoms with Gasteiger partial charge in [0.15, 0.2) is 5.96 Å². The molecule has 0 heterocycles. The Labute approximate surface area is 168 Å². The van der Waals surface area contributed by atoms with Crippen LogP contribution in [0.25, 0.3) is 0 Å². The Morgan fingerprint density at radius 3 is 2.36 bits per heavy atom. The molecule has 7 heteroatoms. The Kier molecular flexibility index (Phi) is 11.4. The summed E-state index contributed by atoms with van der Waals surface area (Å²) >= 11 is 0. The quantitative estimate of drug-likeness (QED) is 0.329. The summed E-state index contributed by atoms with van der Waals surface area (Å²) in [6, 6.07) is 10.4. The minimum absolute atomic E-state index is 0. The molecule has 1 rings (SSSR count). The van der Waals surface area contributed by atoms with Gasteiger partial charge in [0, 0.05) is 32.2 Å². The fourth-order valence-electron chi connectivity index (χ4n) is 2.19.